The molecule has 0 aliphatic carbocycles. The second-order valence-corrected chi connectivity index (χ2v) is 27.4. The summed E-state index contributed by atoms with van der Waals surface area (Å²) in [5.74, 6) is -2.72. The van der Waals surface area contributed by atoms with Crippen molar-refractivity contribution in [2.24, 2.45) is 0 Å². The van der Waals surface area contributed by atoms with Gasteiger partial charge in [0.1, 0.15) is 213 Å². The normalized spacial score (nSPS) is 50.4. The van der Waals surface area contributed by atoms with Crippen LogP contribution in [0.25, 0.3) is 0 Å². The van der Waals surface area contributed by atoms with Gasteiger partial charge in [0.05, 0.1) is 59.0 Å². The number of rotatable bonds is 27. The van der Waals surface area contributed by atoms with Crippen LogP contribution in [0.1, 0.15) is 27.7 Å². The molecule has 0 unspecified atom stereocenters. The largest absolute Gasteiger partial charge is 0.394 e. The fourth-order valence-corrected chi connectivity index (χ4v) is 14.0. The predicted octanol–water partition coefficient (Wildman–Crippen LogP) is -19.2. The van der Waals surface area contributed by atoms with Crippen LogP contribution in [0.2, 0.25) is 0 Å². The van der Waals surface area contributed by atoms with Gasteiger partial charge in [-0.05, 0) is 6.92 Å². The summed E-state index contributed by atoms with van der Waals surface area (Å²) >= 11 is 0. The van der Waals surface area contributed by atoms with Gasteiger partial charge in [-0.15, -0.1) is 0 Å². The SMILES string of the molecule is CC(=O)N[C@@H]1[C@@H](O)[C@H](O[C@@H]2O[C@H](CO)[C@@H](O[C@@H]3O[C@H](CO[C@H]4O[C@H](CO)[C@@H](O)[C@H](O[C@H]5O[C@H](CO)[C@@H](O)[C@H](O)[C@@H]5O)[C@@H]4O)[C@@H](O)[C@H](O[C@H]4O[C@H](CO)[C@@H](O)[C@H](O)[C@@H]4O[C@@H]4O[C@H](CO)[C@@H](O[C@@H]5O[C@H](CO)[C@H](O)[C@H](O)[C@H]5O)[C@H](O[C@@H]5O[C@@H](C)[C@@H](O)[C@@H](O)[C@@H]5O)[C@H]4NC(C)=O)[C@@H]3O)[C@H](O)[C@H]2NC(C)=O)[C@@H](CO)O[C@H]1O. The molecule has 0 aromatic rings. The maximum absolute atomic E-state index is 13.4. The molecule has 0 radical (unpaired) electrons. The summed E-state index contributed by atoms with van der Waals surface area (Å²) in [7, 11) is 0. The van der Waals surface area contributed by atoms with Gasteiger partial charge < -0.3 is 224 Å². The van der Waals surface area contributed by atoms with E-state index >= 15 is 0 Å². The molecule has 28 N–H and O–H groups in total. The molecule has 3 amide bonds. The van der Waals surface area contributed by atoms with E-state index in [-0.39, 0.29) is 0 Å². The molecule has 9 aliphatic rings. The molecule has 0 aromatic carbocycles. The molecule has 0 aromatic heterocycles. The monoisotopic (exact) mass is 1580 g/mol. The van der Waals surface area contributed by atoms with Gasteiger partial charge in [-0.2, -0.15) is 0 Å². The molecule has 0 bridgehead atoms. The third-order valence-electron chi connectivity index (χ3n) is 19.9. The molecule has 9 heterocycles. The number of hydrogen-bond donors (Lipinski definition) is 28. The van der Waals surface area contributed by atoms with Crippen LogP contribution in [0.15, 0.2) is 0 Å². The van der Waals surface area contributed by atoms with Gasteiger partial charge in [0, 0.05) is 20.8 Å². The zero-order valence-electron chi connectivity index (χ0n) is 58.0. The molecule has 0 spiro atoms. The van der Waals surface area contributed by atoms with Crippen LogP contribution in [-0.2, 0) is 94.9 Å². The van der Waals surface area contributed by atoms with Crippen molar-refractivity contribution >= 4 is 17.7 Å². The summed E-state index contributed by atoms with van der Waals surface area (Å²) in [4.78, 5) is 38.5. The molecule has 48 heteroatoms. The lowest BCUT2D eigenvalue weighted by atomic mass is 9.93. The Morgan fingerprint density at radius 1 is 0.259 bits per heavy atom. The van der Waals surface area contributed by atoms with E-state index in [2.05, 4.69) is 16.0 Å². The third kappa shape index (κ3) is 19.1. The molecule has 9 rings (SSSR count). The van der Waals surface area contributed by atoms with Crippen LogP contribution >= 0.6 is 0 Å². The Morgan fingerprint density at radius 2 is 0.574 bits per heavy atom. The van der Waals surface area contributed by atoms with Gasteiger partial charge in [0.15, 0.2) is 56.6 Å². The first-order valence-corrected chi connectivity index (χ1v) is 34.5. The van der Waals surface area contributed by atoms with Gasteiger partial charge in [-0.25, -0.2) is 0 Å². The van der Waals surface area contributed by atoms with Crippen LogP contribution < -0.4 is 16.0 Å². The maximum atomic E-state index is 13.4. The zero-order chi connectivity index (χ0) is 79.5. The van der Waals surface area contributed by atoms with Crippen molar-refractivity contribution in [3.8, 4) is 0 Å². The highest BCUT2D eigenvalue weighted by Crippen LogP contribution is 2.40. The Morgan fingerprint density at radius 3 is 1.08 bits per heavy atom. The van der Waals surface area contributed by atoms with Gasteiger partial charge in [0.2, 0.25) is 17.7 Å². The molecule has 9 aliphatic heterocycles. The summed E-state index contributed by atoms with van der Waals surface area (Å²) in [6.07, 6.45) is -86.9. The summed E-state index contributed by atoms with van der Waals surface area (Å²) in [6, 6.07) is -5.57. The van der Waals surface area contributed by atoms with E-state index < -0.39 is 347 Å². The van der Waals surface area contributed by atoms with E-state index in [1.165, 1.54) is 6.92 Å². The van der Waals surface area contributed by atoms with Crippen LogP contribution in [-0.4, -0.2) is 474 Å². The molecule has 9 fully saturated rings. The molecular weight excluding hydrogens is 1480 g/mol. The Labute approximate surface area is 611 Å². The molecule has 108 heavy (non-hydrogen) atoms. The molecular formula is C60H101N3O45. The smallest absolute Gasteiger partial charge is 0.217 e. The number of aliphatic hydroxyl groups excluding tert-OH is 25. The molecule has 0 saturated carbocycles. The van der Waals surface area contributed by atoms with Crippen molar-refractivity contribution in [2.45, 2.75) is 304 Å². The standard InChI is InChI=1S/C60H101N3O45/c1-13-28(74)36(82)40(86)56(93-13)105-48-27(63-16(4)73)54(100-23(11-70)47(48)104-57-41(87)37(83)29(75)17(5-64)96-57)108-51-39(85)31(77)19(7-66)98-60(51)107-50-33(79)24(12-92-55-43(89)49(32(78)20(8-67)95-55)106-58-42(88)38(84)30(76)18(6-65)97-58)101-59(44(50)90)103-46-22(10-69)99-53(26(35(46)81)62-15(3)72)102-45-21(9-68)94-52(91)25(34(45)80)61-14(2)71/h13,17-60,64-70,74-91H,5-12H2,1-4H3,(H,61,71)(H,62,72)(H,63,73)/t13-,17+,18+,19+,20+,21+,22+,23+,24+,25+,26+,27+,28+,29-,30+,31+,32+,33+,34+,35+,36+,37-,38-,39-,40-,41+,42-,43-,44-,45+,46+,47+,48+,49-,50-,51-,52+,53-,54-,55-,56-,57-,58+,59-,60+/m0/s1. The number of carbonyl (C=O) groups is 3. The number of ether oxygens (including phenoxy) is 17. The highest BCUT2D eigenvalue weighted by atomic mass is 16.8. The van der Waals surface area contributed by atoms with E-state index in [1.54, 1.807) is 0 Å². The van der Waals surface area contributed by atoms with E-state index in [0.29, 0.717) is 0 Å². The van der Waals surface area contributed by atoms with Crippen molar-refractivity contribution in [3.63, 3.8) is 0 Å². The number of nitrogens with one attached hydrogen (secondary N) is 3. The predicted molar refractivity (Wildman–Crippen MR) is 330 cm³/mol. The fraction of sp³-hybridized carbons (Fsp3) is 0.950. The summed E-state index contributed by atoms with van der Waals surface area (Å²) in [5.41, 5.74) is 0. The molecule has 9 saturated heterocycles. The lowest BCUT2D eigenvalue weighted by molar-refractivity contribution is -0.403. The van der Waals surface area contributed by atoms with Crippen molar-refractivity contribution in [2.75, 3.05) is 52.9 Å². The number of aliphatic hydroxyl groups is 25. The molecule has 48 nitrogen and oxygen atoms in total. The van der Waals surface area contributed by atoms with Crippen molar-refractivity contribution < 1.29 is 223 Å². The summed E-state index contributed by atoms with van der Waals surface area (Å²) in [6.45, 7) is -4.65. The minimum atomic E-state index is -2.57. The first-order chi connectivity index (χ1) is 51.1. The van der Waals surface area contributed by atoms with Crippen LogP contribution in [0, 0.1) is 0 Å². The van der Waals surface area contributed by atoms with Crippen LogP contribution in [0.4, 0.5) is 0 Å². The minimum absolute atomic E-state index is 0.781. The van der Waals surface area contributed by atoms with Gasteiger partial charge in [-0.3, -0.25) is 14.4 Å². The van der Waals surface area contributed by atoms with Crippen molar-refractivity contribution in [1.29, 1.82) is 0 Å². The Bertz CT molecular complexity index is 2820. The van der Waals surface area contributed by atoms with Crippen LogP contribution in [0.3, 0.4) is 0 Å². The Hall–Kier alpha value is -3.27. The lowest BCUT2D eigenvalue weighted by Crippen LogP contribution is -2.71. The van der Waals surface area contributed by atoms with Crippen molar-refractivity contribution in [1.82, 2.24) is 16.0 Å². The average molecular weight is 1580 g/mol. The Kier molecular flexibility index (Phi) is 31.6. The average Bonchev–Trinajstić information content (AvgIpc) is 0.766. The topological polar surface area (TPSA) is 750 Å². The summed E-state index contributed by atoms with van der Waals surface area (Å²) < 4.78 is 101. The third-order valence-corrected chi connectivity index (χ3v) is 19.9. The zero-order valence-corrected chi connectivity index (χ0v) is 58.0. The maximum Gasteiger partial charge on any atom is 0.217 e. The lowest BCUT2D eigenvalue weighted by Gasteiger charge is -2.52. The second-order valence-electron chi connectivity index (χ2n) is 27.4. The van der Waals surface area contributed by atoms with Gasteiger partial charge in [-0.1, -0.05) is 0 Å². The van der Waals surface area contributed by atoms with E-state index in [1.807, 2.05) is 0 Å². The number of amides is 3. The highest BCUT2D eigenvalue weighted by molar-refractivity contribution is 5.74. The Balaban J connectivity index is 1.07. The number of carbonyl (C=O) groups excluding carboxylic acids is 3. The molecule has 45 atom stereocenters. The van der Waals surface area contributed by atoms with Crippen molar-refractivity contribution in [3.05, 3.63) is 0 Å². The second kappa shape index (κ2) is 38.5. The minimum Gasteiger partial charge on any atom is -0.394 e. The first kappa shape index (κ1) is 88.7. The van der Waals surface area contributed by atoms with E-state index in [9.17, 15) is 142 Å². The highest BCUT2D eigenvalue weighted by Gasteiger charge is 2.61. The van der Waals surface area contributed by atoms with E-state index in [4.69, 9.17) is 80.5 Å². The van der Waals surface area contributed by atoms with Gasteiger partial charge in [0.25, 0.3) is 0 Å². The van der Waals surface area contributed by atoms with Gasteiger partial charge >= 0.3 is 0 Å². The quantitative estimate of drug-likeness (QED) is 0.0363. The number of hydrogen-bond acceptors (Lipinski definition) is 45. The first-order valence-electron chi connectivity index (χ1n) is 34.5. The van der Waals surface area contributed by atoms with E-state index in [0.717, 1.165) is 20.8 Å². The summed E-state index contributed by atoms with van der Waals surface area (Å²) in [5, 5.41) is 284. The van der Waals surface area contributed by atoms with Crippen LogP contribution in [0.5, 0.6) is 0 Å². The fourth-order valence-electron chi connectivity index (χ4n) is 14.0. The molecule has 626 valence electrons.